The van der Waals surface area contributed by atoms with E-state index in [1.54, 1.807) is 12.2 Å². The first kappa shape index (κ1) is 2.33. The maximum atomic E-state index is 2.75. The summed E-state index contributed by atoms with van der Waals surface area (Å²) in [5.74, 6) is 5.36. The summed E-state index contributed by atoms with van der Waals surface area (Å²) in [6.45, 7) is 0. The zero-order valence-electron chi connectivity index (χ0n) is 2.65. The van der Waals surface area contributed by atoms with E-state index >= 15 is 0 Å². The van der Waals surface area contributed by atoms with Gasteiger partial charge in [0.2, 0.25) is 0 Å². The van der Waals surface area contributed by atoms with Gasteiger partial charge in [-0.1, -0.05) is 11.8 Å². The highest BCUT2D eigenvalue weighted by Crippen LogP contribution is 1.70. The van der Waals surface area contributed by atoms with Crippen LogP contribution in [-0.4, -0.2) is 0 Å². The minimum atomic E-state index is 1.69. The first-order chi connectivity index (χ1) is 2.50. The molecule has 0 heteroatoms. The summed E-state index contributed by atoms with van der Waals surface area (Å²) in [6, 6.07) is 0. The molecule has 0 heterocycles. The maximum Gasteiger partial charge on any atom is 0.0312 e. The summed E-state index contributed by atoms with van der Waals surface area (Å²) in [4.78, 5) is 0. The second-order valence-corrected chi connectivity index (χ2v) is 0.744. The van der Waals surface area contributed by atoms with E-state index in [1.165, 1.54) is 0 Å². The van der Waals surface area contributed by atoms with E-state index < -0.39 is 0 Å². The lowest BCUT2D eigenvalue weighted by atomic mass is 10.7. The highest BCUT2D eigenvalue weighted by atomic mass is 13.6. The van der Waals surface area contributed by atoms with Crippen LogP contribution in [0.1, 0.15) is 0 Å². The van der Waals surface area contributed by atoms with Gasteiger partial charge in [-0.3, -0.25) is 0 Å². The molecule has 0 fully saturated rings. The van der Waals surface area contributed by atoms with Crippen molar-refractivity contribution in [2.24, 2.45) is 0 Å². The smallest absolute Gasteiger partial charge is 0.0312 e. The van der Waals surface area contributed by atoms with Crippen LogP contribution in [0.5, 0.6) is 0 Å². The van der Waals surface area contributed by atoms with Crippen molar-refractivity contribution < 1.29 is 0 Å². The van der Waals surface area contributed by atoms with Crippen molar-refractivity contribution in [1.29, 1.82) is 0 Å². The standard InChI is InChI=1S/C5H2/c1-2-4-5-3-1/h1,4H. The fourth-order valence-electron chi connectivity index (χ4n) is 0.208. The second-order valence-electron chi connectivity index (χ2n) is 0.744. The van der Waals surface area contributed by atoms with E-state index in [-0.39, 0.29) is 0 Å². The third-order valence-electron chi connectivity index (χ3n) is 0.394. The van der Waals surface area contributed by atoms with Crippen molar-refractivity contribution >= 4 is 0 Å². The molecule has 1 aliphatic carbocycles. The predicted octanol–water partition coefficient (Wildman–Crippen LogP) is 0.715. The molecule has 0 aromatic carbocycles. The molecule has 0 atom stereocenters. The van der Waals surface area contributed by atoms with Crippen molar-refractivity contribution in [1.82, 2.24) is 0 Å². The van der Waals surface area contributed by atoms with Gasteiger partial charge in [-0.05, 0) is 0 Å². The van der Waals surface area contributed by atoms with Crippen molar-refractivity contribution in [3.05, 3.63) is 17.9 Å². The van der Waals surface area contributed by atoms with Crippen LogP contribution in [0.15, 0.2) is 17.9 Å². The molecule has 0 unspecified atom stereocenters. The minimum Gasteiger partial charge on any atom is -0.103 e. The van der Waals surface area contributed by atoms with E-state index in [2.05, 4.69) is 17.6 Å². The Bertz CT molecular complexity index is 123. The molecule has 1 aliphatic rings. The lowest BCUT2D eigenvalue weighted by molar-refractivity contribution is 2.26. The monoisotopic (exact) mass is 62.0 g/mol. The second kappa shape index (κ2) is 0.800. The zero-order chi connectivity index (χ0) is 3.54. The Balaban J connectivity index is 3.13. The van der Waals surface area contributed by atoms with Crippen molar-refractivity contribution in [2.75, 3.05) is 0 Å². The molecule has 5 heavy (non-hydrogen) atoms. The third kappa shape index (κ3) is 0.216. The average Bonchev–Trinajstić information content (AvgIpc) is 1.76. The molecule has 0 bridgehead atoms. The molecule has 0 aliphatic heterocycles. The van der Waals surface area contributed by atoms with Gasteiger partial charge < -0.3 is 0 Å². The summed E-state index contributed by atoms with van der Waals surface area (Å²) < 4.78 is 0. The van der Waals surface area contributed by atoms with Gasteiger partial charge in [0.25, 0.3) is 0 Å². The Hall–Kier alpha value is -0.920. The summed E-state index contributed by atoms with van der Waals surface area (Å²) in [7, 11) is 0. The van der Waals surface area contributed by atoms with Gasteiger partial charge in [-0.25, -0.2) is 0 Å². The van der Waals surface area contributed by atoms with Gasteiger partial charge in [0, 0.05) is 12.2 Å². The normalized spacial score (nSPS) is 11.2. The number of hydrogen-bond acceptors (Lipinski definition) is 0. The highest BCUT2D eigenvalue weighted by Gasteiger charge is 1.58. The average molecular weight is 62.1 g/mol. The molecule has 0 saturated carbocycles. The maximum absolute atomic E-state index is 2.75. The predicted molar refractivity (Wildman–Crippen MR) is 20.4 cm³/mol. The minimum absolute atomic E-state index is 1.69. The summed E-state index contributed by atoms with van der Waals surface area (Å²) in [6.07, 6.45) is 3.39. The molecule has 22 valence electrons. The molecule has 0 N–H and O–H groups in total. The lowest BCUT2D eigenvalue weighted by Gasteiger charge is -1.36. The van der Waals surface area contributed by atoms with Crippen molar-refractivity contribution in [2.45, 2.75) is 0 Å². The molecule has 0 aromatic rings. The fraction of sp³-hybridized carbons (Fsp3) is 0. The quantitative estimate of drug-likeness (QED) is 0.286. The molecule has 0 nitrogen and oxygen atoms in total. The van der Waals surface area contributed by atoms with Crippen LogP contribution in [0.25, 0.3) is 0 Å². The highest BCUT2D eigenvalue weighted by molar-refractivity contribution is 5.29. The molecule has 0 saturated heterocycles. The Morgan fingerprint density at radius 1 is 1.00 bits per heavy atom. The van der Waals surface area contributed by atoms with E-state index in [0.717, 1.165) is 0 Å². The topological polar surface area (TPSA) is 0 Å². The van der Waals surface area contributed by atoms with Crippen LogP contribution in [-0.2, 0) is 0 Å². The lowest BCUT2D eigenvalue weighted by Crippen LogP contribution is -1.27. The Morgan fingerprint density at radius 2 is 1.60 bits per heavy atom. The van der Waals surface area contributed by atoms with E-state index in [1.807, 2.05) is 0 Å². The summed E-state index contributed by atoms with van der Waals surface area (Å²) >= 11 is 0. The van der Waals surface area contributed by atoms with Crippen LogP contribution < -0.4 is 0 Å². The van der Waals surface area contributed by atoms with Crippen LogP contribution in [0, 0.1) is 11.8 Å². The Morgan fingerprint density at radius 3 is 1.80 bits per heavy atom. The van der Waals surface area contributed by atoms with Gasteiger partial charge in [-0.15, -0.1) is 5.73 Å². The third-order valence-corrected chi connectivity index (χ3v) is 0.394. The van der Waals surface area contributed by atoms with Gasteiger partial charge in [0.1, 0.15) is 0 Å². The van der Waals surface area contributed by atoms with Gasteiger partial charge >= 0.3 is 0 Å². The van der Waals surface area contributed by atoms with E-state index in [4.69, 9.17) is 0 Å². The van der Waals surface area contributed by atoms with Gasteiger partial charge in [-0.2, -0.15) is 0 Å². The van der Waals surface area contributed by atoms with Crippen molar-refractivity contribution in [3.63, 3.8) is 0 Å². The molecule has 0 spiro atoms. The van der Waals surface area contributed by atoms with Crippen molar-refractivity contribution in [3.8, 4) is 11.8 Å². The summed E-state index contributed by atoms with van der Waals surface area (Å²) in [5.41, 5.74) is 2.75. The van der Waals surface area contributed by atoms with Crippen LogP contribution in [0.3, 0.4) is 0 Å². The summed E-state index contributed by atoms with van der Waals surface area (Å²) in [5, 5.41) is 0. The fourth-order valence-corrected chi connectivity index (χ4v) is 0.208. The molecule has 0 radical (unpaired) electrons. The first-order valence-corrected chi connectivity index (χ1v) is 1.40. The number of hydrogen-bond donors (Lipinski definition) is 0. The molecule has 0 amide bonds. The van der Waals surface area contributed by atoms with Gasteiger partial charge in [0.05, 0.1) is 0 Å². The zero-order valence-corrected chi connectivity index (χ0v) is 2.65. The Labute approximate surface area is 30.8 Å². The molecular formula is C5H2. The molecule has 1 rings (SSSR count). The van der Waals surface area contributed by atoms with Gasteiger partial charge in [0.15, 0.2) is 0 Å². The number of allylic oxidation sites excluding steroid dienone is 1. The van der Waals surface area contributed by atoms with Crippen LogP contribution in [0.4, 0.5) is 0 Å². The Kier molecular flexibility index (Phi) is 0.372. The SMILES string of the molecule is C1=CC#CC=1. The van der Waals surface area contributed by atoms with Crippen LogP contribution >= 0.6 is 0 Å². The van der Waals surface area contributed by atoms with E-state index in [0.29, 0.717) is 0 Å². The molecule has 0 aromatic heterocycles. The van der Waals surface area contributed by atoms with E-state index in [9.17, 15) is 0 Å². The molecular weight excluding hydrogens is 60.1 g/mol. The first-order valence-electron chi connectivity index (χ1n) is 1.40. The largest absolute Gasteiger partial charge is 0.103 e. The number of rotatable bonds is 0. The van der Waals surface area contributed by atoms with Crippen LogP contribution in [0.2, 0.25) is 0 Å².